The first-order valence-electron chi connectivity index (χ1n) is 19.2. The van der Waals surface area contributed by atoms with E-state index in [0.717, 1.165) is 36.4 Å². The highest BCUT2D eigenvalue weighted by Gasteiger charge is 2.61. The summed E-state index contributed by atoms with van der Waals surface area (Å²) in [5.41, 5.74) is 2.15. The molecule has 4 aromatic carbocycles. The van der Waals surface area contributed by atoms with E-state index < -0.39 is 38.6 Å². The van der Waals surface area contributed by atoms with Gasteiger partial charge in [0.15, 0.2) is 23.6 Å². The molecule has 1 aliphatic carbocycles. The molecule has 0 N–H and O–H groups in total. The molecule has 7 atom stereocenters. The summed E-state index contributed by atoms with van der Waals surface area (Å²) >= 11 is 0. The Labute approximate surface area is 324 Å². The van der Waals surface area contributed by atoms with Gasteiger partial charge in [0.2, 0.25) is 0 Å². The first kappa shape index (κ1) is 38.9. The van der Waals surface area contributed by atoms with Gasteiger partial charge in [0, 0.05) is 17.9 Å². The van der Waals surface area contributed by atoms with Crippen molar-refractivity contribution in [2.45, 2.75) is 93.9 Å². The third-order valence-corrected chi connectivity index (χ3v) is 15.5. The van der Waals surface area contributed by atoms with E-state index in [9.17, 15) is 9.59 Å². The van der Waals surface area contributed by atoms with E-state index in [1.54, 1.807) is 26.4 Å². The number of benzene rings is 4. The van der Waals surface area contributed by atoms with Crippen molar-refractivity contribution in [3.63, 3.8) is 0 Å². The standard InChI is InChI=1S/C44H51NO9Si/c1-48-37-25-24-30(26-38(37)49-2)28-50-29-35(46)42-43(55(3,4)33-20-12-7-13-21-33)41-39(52-44(47)32-18-10-6-11-19-32)27-40(53-45(41)54-42)51-36-23-15-14-22-34(36)31-16-8-5-9-17-31/h5-13,16-21,24-26,34,36,39-43H,14-15,22-23,27-29H2,1-4H3/t34-,36+,39-,40-,41-,42-,43-/m1/s1. The van der Waals surface area contributed by atoms with Crippen molar-refractivity contribution in [1.29, 1.82) is 0 Å². The van der Waals surface area contributed by atoms with Crippen molar-refractivity contribution in [1.82, 2.24) is 5.23 Å². The summed E-state index contributed by atoms with van der Waals surface area (Å²) in [6, 6.07) is 34.6. The number of hydrogen-bond acceptors (Lipinski definition) is 10. The number of fused-ring (bicyclic) bond motifs is 1. The van der Waals surface area contributed by atoms with Crippen LogP contribution in [-0.4, -0.2) is 76.5 Å². The van der Waals surface area contributed by atoms with Crippen LogP contribution in [0.25, 0.3) is 0 Å². The molecule has 10 nitrogen and oxygen atoms in total. The van der Waals surface area contributed by atoms with Gasteiger partial charge >= 0.3 is 5.97 Å². The minimum Gasteiger partial charge on any atom is -0.493 e. The Morgan fingerprint density at radius 1 is 0.782 bits per heavy atom. The van der Waals surface area contributed by atoms with Crippen molar-refractivity contribution in [2.24, 2.45) is 0 Å². The molecule has 0 aromatic heterocycles. The molecular formula is C44H51NO9Si. The van der Waals surface area contributed by atoms with Crippen LogP contribution in [0.2, 0.25) is 18.6 Å². The second kappa shape index (κ2) is 17.6. The molecule has 7 rings (SSSR count). The summed E-state index contributed by atoms with van der Waals surface area (Å²) in [4.78, 5) is 41.3. The lowest BCUT2D eigenvalue weighted by molar-refractivity contribution is -0.446. The van der Waals surface area contributed by atoms with Crippen molar-refractivity contribution in [2.75, 3.05) is 20.8 Å². The maximum absolute atomic E-state index is 14.3. The number of rotatable bonds is 14. The van der Waals surface area contributed by atoms with Crippen LogP contribution in [0.1, 0.15) is 59.5 Å². The van der Waals surface area contributed by atoms with E-state index in [2.05, 4.69) is 49.5 Å². The fourth-order valence-electron chi connectivity index (χ4n) is 8.47. The fraction of sp³-hybridized carbons (Fsp3) is 0.409. The van der Waals surface area contributed by atoms with Crippen molar-refractivity contribution in [3.05, 3.63) is 126 Å². The molecule has 1 saturated carbocycles. The van der Waals surface area contributed by atoms with E-state index in [0.29, 0.717) is 17.1 Å². The predicted octanol–water partition coefficient (Wildman–Crippen LogP) is 7.39. The Balaban J connectivity index is 1.18. The van der Waals surface area contributed by atoms with E-state index in [4.69, 9.17) is 33.4 Å². The highest BCUT2D eigenvalue weighted by molar-refractivity contribution is 6.91. The van der Waals surface area contributed by atoms with Gasteiger partial charge in [-0.25, -0.2) is 9.63 Å². The molecule has 0 radical (unpaired) electrons. The van der Waals surface area contributed by atoms with Gasteiger partial charge in [0.1, 0.15) is 24.9 Å². The van der Waals surface area contributed by atoms with Crippen molar-refractivity contribution < 1.29 is 42.9 Å². The summed E-state index contributed by atoms with van der Waals surface area (Å²) in [5.74, 6) is 0.725. The molecule has 2 saturated heterocycles. The van der Waals surface area contributed by atoms with Gasteiger partial charge in [-0.05, 0) is 48.2 Å². The Morgan fingerprint density at radius 2 is 1.45 bits per heavy atom. The van der Waals surface area contributed by atoms with Gasteiger partial charge in [0.05, 0.1) is 40.6 Å². The minimum atomic E-state index is -2.58. The highest BCUT2D eigenvalue weighted by atomic mass is 28.3. The predicted molar refractivity (Wildman–Crippen MR) is 210 cm³/mol. The molecule has 3 fully saturated rings. The zero-order valence-electron chi connectivity index (χ0n) is 32.0. The molecule has 4 aromatic rings. The normalized spacial score (nSPS) is 25.5. The number of esters is 1. The van der Waals surface area contributed by atoms with Crippen LogP contribution < -0.4 is 14.7 Å². The molecule has 0 amide bonds. The van der Waals surface area contributed by atoms with Crippen LogP contribution in [0.4, 0.5) is 0 Å². The highest BCUT2D eigenvalue weighted by Crippen LogP contribution is 2.47. The average Bonchev–Trinajstić information content (AvgIpc) is 3.63. The van der Waals surface area contributed by atoms with Crippen LogP contribution in [0.15, 0.2) is 109 Å². The molecule has 11 heteroatoms. The van der Waals surface area contributed by atoms with E-state index in [1.807, 2.05) is 60.7 Å². The summed E-state index contributed by atoms with van der Waals surface area (Å²) < 4.78 is 30.1. The van der Waals surface area contributed by atoms with Crippen LogP contribution >= 0.6 is 0 Å². The molecule has 0 bridgehead atoms. The molecule has 290 valence electrons. The number of Topliss-reactive ketones (excluding diaryl/α,β-unsaturated/α-hetero) is 1. The molecule has 55 heavy (non-hydrogen) atoms. The fourth-order valence-corrected chi connectivity index (χ4v) is 12.1. The second-order valence-corrected chi connectivity index (χ2v) is 19.8. The van der Waals surface area contributed by atoms with Crippen LogP contribution in [0.5, 0.6) is 11.5 Å². The second-order valence-electron chi connectivity index (χ2n) is 15.1. The number of hydroxylamine groups is 2. The van der Waals surface area contributed by atoms with Crippen LogP contribution in [0, 0.1) is 0 Å². The van der Waals surface area contributed by atoms with Crippen molar-refractivity contribution in [3.8, 4) is 11.5 Å². The van der Waals surface area contributed by atoms with Gasteiger partial charge in [-0.1, -0.05) is 121 Å². The lowest BCUT2D eigenvalue weighted by atomic mass is 9.81. The summed E-state index contributed by atoms with van der Waals surface area (Å²) in [6.45, 7) is 4.46. The number of carbonyl (C=O) groups excluding carboxylic acids is 2. The zero-order valence-corrected chi connectivity index (χ0v) is 33.0. The third kappa shape index (κ3) is 8.72. The van der Waals surface area contributed by atoms with Crippen molar-refractivity contribution >= 4 is 25.0 Å². The van der Waals surface area contributed by atoms with Gasteiger partial charge in [-0.2, -0.15) is 0 Å². The van der Waals surface area contributed by atoms with E-state index in [-0.39, 0.29) is 43.0 Å². The first-order chi connectivity index (χ1) is 26.8. The van der Waals surface area contributed by atoms with Gasteiger partial charge in [0.25, 0.3) is 0 Å². The number of nitrogens with zero attached hydrogens (tertiary/aromatic N) is 1. The molecule has 0 spiro atoms. The number of ether oxygens (including phenoxy) is 5. The first-order valence-corrected chi connectivity index (χ1v) is 22.3. The number of carbonyl (C=O) groups is 2. The van der Waals surface area contributed by atoms with E-state index >= 15 is 0 Å². The number of ketones is 1. The summed E-state index contributed by atoms with van der Waals surface area (Å²) in [7, 11) is 0.580. The minimum absolute atomic E-state index is 0.0980. The summed E-state index contributed by atoms with van der Waals surface area (Å²) in [6.07, 6.45) is 1.87. The largest absolute Gasteiger partial charge is 0.493 e. The van der Waals surface area contributed by atoms with Gasteiger partial charge in [-0.15, -0.1) is 0 Å². The maximum atomic E-state index is 14.3. The van der Waals surface area contributed by atoms with Crippen LogP contribution in [-0.2, 0) is 35.3 Å². The molecule has 2 heterocycles. The molecular weight excluding hydrogens is 715 g/mol. The smallest absolute Gasteiger partial charge is 0.338 e. The van der Waals surface area contributed by atoms with E-state index in [1.165, 1.54) is 10.8 Å². The molecule has 2 aliphatic heterocycles. The number of methoxy groups -OCH3 is 2. The summed E-state index contributed by atoms with van der Waals surface area (Å²) in [5, 5.41) is 2.57. The lowest BCUT2D eigenvalue weighted by Crippen LogP contribution is -2.59. The Morgan fingerprint density at radius 3 is 2.16 bits per heavy atom. The van der Waals surface area contributed by atoms with Gasteiger partial charge in [-0.3, -0.25) is 9.63 Å². The lowest BCUT2D eigenvalue weighted by Gasteiger charge is -2.44. The third-order valence-electron chi connectivity index (χ3n) is 11.3. The quantitative estimate of drug-likeness (QED) is 0.0955. The zero-order chi connectivity index (χ0) is 38.4. The van der Waals surface area contributed by atoms with Gasteiger partial charge < -0.3 is 23.7 Å². The SMILES string of the molecule is COc1ccc(COCC(=O)[C@H]2ON3O[C@@H](O[C@H]4CCCC[C@@H]4c4ccccc4)C[C@@H](OC(=O)c4ccccc4)[C@@H]3[C@H]2[Si](C)(C)c2ccccc2)cc1OC. The average molecular weight is 766 g/mol. The Hall–Kier alpha value is -4.36. The molecule has 0 unspecified atom stereocenters. The maximum Gasteiger partial charge on any atom is 0.338 e. The Bertz CT molecular complexity index is 1880. The Kier molecular flexibility index (Phi) is 12.5. The van der Waals surface area contributed by atoms with Crippen LogP contribution in [0.3, 0.4) is 0 Å². The number of hydrogen-bond donors (Lipinski definition) is 0. The molecule has 3 aliphatic rings. The topological polar surface area (TPSA) is 102 Å². The monoisotopic (exact) mass is 765 g/mol.